The number of hydrogen-bond acceptors (Lipinski definition) is 1. The van der Waals surface area contributed by atoms with Gasteiger partial charge in [0.2, 0.25) is 0 Å². The van der Waals surface area contributed by atoms with Crippen LogP contribution in [0, 0.1) is 29.6 Å². The molecule has 0 saturated heterocycles. The van der Waals surface area contributed by atoms with Crippen LogP contribution in [0.2, 0.25) is 0 Å². The van der Waals surface area contributed by atoms with Crippen LogP contribution >= 0.6 is 0 Å². The van der Waals surface area contributed by atoms with Gasteiger partial charge in [-0.1, -0.05) is 12.2 Å². The van der Waals surface area contributed by atoms with E-state index in [4.69, 9.17) is 0 Å². The molecule has 4 aliphatic carbocycles. The van der Waals surface area contributed by atoms with Crippen molar-refractivity contribution in [3.63, 3.8) is 0 Å². The van der Waals surface area contributed by atoms with E-state index in [1.165, 1.54) is 25.7 Å². The fourth-order valence-corrected chi connectivity index (χ4v) is 4.98. The quantitative estimate of drug-likeness (QED) is 0.651. The van der Waals surface area contributed by atoms with Crippen molar-refractivity contribution in [2.75, 3.05) is 0 Å². The molecule has 3 fully saturated rings. The third kappa shape index (κ3) is 0.982. The van der Waals surface area contributed by atoms with Crippen molar-refractivity contribution >= 4 is 0 Å². The highest BCUT2D eigenvalue weighted by molar-refractivity contribution is 5.20. The van der Waals surface area contributed by atoms with Gasteiger partial charge < -0.3 is 5.11 Å². The monoisotopic (exact) mass is 204 g/mol. The Hall–Kier alpha value is -0.300. The second kappa shape index (κ2) is 2.68. The lowest BCUT2D eigenvalue weighted by Gasteiger charge is -2.45. The smallest absolute Gasteiger partial charge is 0.0713 e. The topological polar surface area (TPSA) is 20.2 Å². The zero-order chi connectivity index (χ0) is 10.0. The zero-order valence-electron chi connectivity index (χ0n) is 9.23. The van der Waals surface area contributed by atoms with Crippen molar-refractivity contribution in [2.45, 2.75) is 44.1 Å². The van der Waals surface area contributed by atoms with Crippen molar-refractivity contribution in [3.05, 3.63) is 12.2 Å². The third-order valence-corrected chi connectivity index (χ3v) is 5.84. The molecule has 0 aliphatic heterocycles. The Bertz CT molecular complexity index is 315. The largest absolute Gasteiger partial charge is 0.389 e. The number of aliphatic hydroxyl groups is 1. The second-order valence-corrected chi connectivity index (χ2v) is 6.36. The summed E-state index contributed by atoms with van der Waals surface area (Å²) in [6.45, 7) is 0. The minimum absolute atomic E-state index is 0.291. The fourth-order valence-electron chi connectivity index (χ4n) is 4.98. The van der Waals surface area contributed by atoms with Gasteiger partial charge in [0.15, 0.2) is 0 Å². The highest BCUT2D eigenvalue weighted by atomic mass is 16.3. The van der Waals surface area contributed by atoms with Gasteiger partial charge in [-0.3, -0.25) is 0 Å². The van der Waals surface area contributed by atoms with E-state index in [0.717, 1.165) is 36.5 Å². The van der Waals surface area contributed by atoms with Crippen LogP contribution in [0.4, 0.5) is 0 Å². The van der Waals surface area contributed by atoms with Gasteiger partial charge >= 0.3 is 0 Å². The standard InChI is InChI=1S/C14H20O/c15-14(6-1-7-14)12-5-4-11-9-2-3-10(8-9)13(11)12/h4-5,9-13,15H,1-3,6-8H2/t9-,10+,11?,12-,13?/m0/s1. The summed E-state index contributed by atoms with van der Waals surface area (Å²) in [5.41, 5.74) is -0.291. The van der Waals surface area contributed by atoms with Gasteiger partial charge in [-0.15, -0.1) is 0 Å². The molecular formula is C14H20O. The van der Waals surface area contributed by atoms with Crippen molar-refractivity contribution in [1.29, 1.82) is 0 Å². The van der Waals surface area contributed by atoms with Crippen molar-refractivity contribution in [2.24, 2.45) is 29.6 Å². The fraction of sp³-hybridized carbons (Fsp3) is 0.857. The van der Waals surface area contributed by atoms with E-state index in [-0.39, 0.29) is 5.60 Å². The Kier molecular flexibility index (Phi) is 1.58. The summed E-state index contributed by atoms with van der Waals surface area (Å²) >= 11 is 0. The van der Waals surface area contributed by atoms with Crippen LogP contribution in [0.1, 0.15) is 38.5 Å². The molecule has 1 heteroatoms. The molecule has 0 aromatic rings. The van der Waals surface area contributed by atoms with Gasteiger partial charge in [0.05, 0.1) is 5.60 Å². The molecule has 4 rings (SSSR count). The average Bonchev–Trinajstić information content (AvgIpc) is 2.85. The molecule has 82 valence electrons. The van der Waals surface area contributed by atoms with E-state index in [9.17, 15) is 5.11 Å². The predicted octanol–water partition coefficient (Wildman–Crippen LogP) is 2.75. The van der Waals surface area contributed by atoms with Gasteiger partial charge in [-0.25, -0.2) is 0 Å². The van der Waals surface area contributed by atoms with Gasteiger partial charge in [0, 0.05) is 5.92 Å². The Morgan fingerprint density at radius 1 is 1.07 bits per heavy atom. The first-order chi connectivity index (χ1) is 7.28. The summed E-state index contributed by atoms with van der Waals surface area (Å²) in [5.74, 6) is 4.12. The SMILES string of the molecule is OC1([C@H]2C=CC3C2[C@@H]2CC[C@H]3C2)CCC1. The van der Waals surface area contributed by atoms with Crippen LogP contribution in [0.15, 0.2) is 12.2 Å². The molecule has 2 bridgehead atoms. The molecule has 15 heavy (non-hydrogen) atoms. The van der Waals surface area contributed by atoms with E-state index < -0.39 is 0 Å². The normalized spacial score (nSPS) is 54.3. The van der Waals surface area contributed by atoms with Crippen molar-refractivity contribution in [3.8, 4) is 0 Å². The third-order valence-electron chi connectivity index (χ3n) is 5.84. The maximum Gasteiger partial charge on any atom is 0.0713 e. The van der Waals surface area contributed by atoms with Crippen LogP contribution in [0.3, 0.4) is 0 Å². The minimum Gasteiger partial charge on any atom is -0.389 e. The van der Waals surface area contributed by atoms with E-state index in [1.54, 1.807) is 0 Å². The lowest BCUT2D eigenvalue weighted by atomic mass is 9.64. The highest BCUT2D eigenvalue weighted by Crippen LogP contribution is 2.61. The number of fused-ring (bicyclic) bond motifs is 5. The second-order valence-electron chi connectivity index (χ2n) is 6.36. The van der Waals surface area contributed by atoms with Gasteiger partial charge in [0.25, 0.3) is 0 Å². The molecule has 4 aliphatic rings. The summed E-state index contributed by atoms with van der Waals surface area (Å²) in [6, 6.07) is 0. The number of hydrogen-bond donors (Lipinski definition) is 1. The Morgan fingerprint density at radius 2 is 1.87 bits per heavy atom. The van der Waals surface area contributed by atoms with Crippen LogP contribution < -0.4 is 0 Å². The Labute approximate surface area is 91.6 Å². The van der Waals surface area contributed by atoms with Crippen LogP contribution in [-0.4, -0.2) is 10.7 Å². The van der Waals surface area contributed by atoms with Crippen LogP contribution in [0.5, 0.6) is 0 Å². The molecule has 3 saturated carbocycles. The molecule has 0 radical (unpaired) electrons. The zero-order valence-corrected chi connectivity index (χ0v) is 9.23. The molecule has 0 heterocycles. The molecule has 1 N–H and O–H groups in total. The summed E-state index contributed by atoms with van der Waals surface area (Å²) in [6.07, 6.45) is 12.6. The van der Waals surface area contributed by atoms with E-state index >= 15 is 0 Å². The average molecular weight is 204 g/mol. The maximum atomic E-state index is 10.5. The van der Waals surface area contributed by atoms with Crippen molar-refractivity contribution in [1.82, 2.24) is 0 Å². The lowest BCUT2D eigenvalue weighted by molar-refractivity contribution is -0.0917. The first-order valence-electron chi connectivity index (χ1n) is 6.69. The van der Waals surface area contributed by atoms with Crippen LogP contribution in [-0.2, 0) is 0 Å². The van der Waals surface area contributed by atoms with E-state index in [1.807, 2.05) is 0 Å². The summed E-state index contributed by atoms with van der Waals surface area (Å²) < 4.78 is 0. The summed E-state index contributed by atoms with van der Waals surface area (Å²) in [5, 5.41) is 10.5. The first kappa shape index (κ1) is 8.81. The number of rotatable bonds is 1. The summed E-state index contributed by atoms with van der Waals surface area (Å²) in [7, 11) is 0. The minimum atomic E-state index is -0.291. The lowest BCUT2D eigenvalue weighted by Crippen LogP contribution is -2.47. The molecular weight excluding hydrogens is 184 g/mol. The van der Waals surface area contributed by atoms with E-state index in [0.29, 0.717) is 5.92 Å². The predicted molar refractivity (Wildman–Crippen MR) is 59.2 cm³/mol. The molecule has 0 aromatic carbocycles. The van der Waals surface area contributed by atoms with E-state index in [2.05, 4.69) is 12.2 Å². The van der Waals surface area contributed by atoms with Gasteiger partial charge in [-0.2, -0.15) is 0 Å². The maximum absolute atomic E-state index is 10.5. The molecule has 2 unspecified atom stereocenters. The van der Waals surface area contributed by atoms with Gasteiger partial charge in [-0.05, 0) is 62.2 Å². The highest BCUT2D eigenvalue weighted by Gasteiger charge is 2.57. The molecule has 0 amide bonds. The molecule has 0 aromatic heterocycles. The van der Waals surface area contributed by atoms with Crippen molar-refractivity contribution < 1.29 is 5.11 Å². The number of allylic oxidation sites excluding steroid dienone is 1. The molecule has 5 atom stereocenters. The molecule has 1 nitrogen and oxygen atoms in total. The first-order valence-corrected chi connectivity index (χ1v) is 6.69. The van der Waals surface area contributed by atoms with Crippen LogP contribution in [0.25, 0.3) is 0 Å². The Balaban J connectivity index is 1.65. The summed E-state index contributed by atoms with van der Waals surface area (Å²) in [4.78, 5) is 0. The van der Waals surface area contributed by atoms with Gasteiger partial charge in [0.1, 0.15) is 0 Å². The molecule has 0 spiro atoms. The Morgan fingerprint density at radius 3 is 2.60 bits per heavy atom.